The van der Waals surface area contributed by atoms with Crippen molar-refractivity contribution in [2.75, 3.05) is 7.11 Å². The van der Waals surface area contributed by atoms with Crippen LogP contribution in [0.2, 0.25) is 0 Å². The Morgan fingerprint density at radius 1 is 1.00 bits per heavy atom. The molecule has 0 aliphatic rings. The molecule has 4 aromatic rings. The average molecular weight is 401 g/mol. The lowest BCUT2D eigenvalue weighted by Crippen LogP contribution is -2.25. The zero-order valence-corrected chi connectivity index (χ0v) is 16.4. The van der Waals surface area contributed by atoms with E-state index in [1.807, 2.05) is 30.3 Å². The molecule has 1 aromatic heterocycles. The first-order valence-corrected chi connectivity index (χ1v) is 9.47. The van der Waals surface area contributed by atoms with E-state index in [9.17, 15) is 9.18 Å². The molecule has 0 fully saturated rings. The number of carbonyl (C=O) groups is 1. The Hall–Kier alpha value is -3.93. The van der Waals surface area contributed by atoms with Gasteiger partial charge in [0, 0.05) is 12.1 Å². The van der Waals surface area contributed by atoms with Gasteiger partial charge < -0.3 is 10.1 Å². The fourth-order valence-electron chi connectivity index (χ4n) is 3.13. The standard InChI is InChI=1S/C24H20FN3O2/c1-30-19-13-11-18(12-14-19)28-23(24(29)26-16-17-7-3-2-4-8-17)15-22(27-28)20-9-5-6-10-21(20)25/h2-15H,16H2,1H3,(H,26,29). The number of aromatic nitrogens is 2. The second kappa shape index (κ2) is 8.61. The van der Waals surface area contributed by atoms with Gasteiger partial charge in [-0.05, 0) is 48.0 Å². The number of ether oxygens (including phenoxy) is 1. The van der Waals surface area contributed by atoms with E-state index < -0.39 is 5.82 Å². The van der Waals surface area contributed by atoms with Gasteiger partial charge in [0.25, 0.3) is 5.91 Å². The van der Waals surface area contributed by atoms with Crippen molar-refractivity contribution in [2.24, 2.45) is 0 Å². The molecular weight excluding hydrogens is 381 g/mol. The number of rotatable bonds is 6. The molecular formula is C24H20FN3O2. The Balaban J connectivity index is 1.71. The molecule has 0 saturated heterocycles. The number of benzene rings is 3. The van der Waals surface area contributed by atoms with Gasteiger partial charge in [-0.25, -0.2) is 9.07 Å². The van der Waals surface area contributed by atoms with Crippen LogP contribution in [0.4, 0.5) is 4.39 Å². The molecule has 0 radical (unpaired) electrons. The number of nitrogens with one attached hydrogen (secondary N) is 1. The molecule has 3 aromatic carbocycles. The van der Waals surface area contributed by atoms with Gasteiger partial charge in [0.05, 0.1) is 18.5 Å². The summed E-state index contributed by atoms with van der Waals surface area (Å²) in [4.78, 5) is 13.0. The third-order valence-electron chi connectivity index (χ3n) is 4.70. The van der Waals surface area contributed by atoms with Crippen molar-refractivity contribution >= 4 is 5.91 Å². The third-order valence-corrected chi connectivity index (χ3v) is 4.70. The highest BCUT2D eigenvalue weighted by Crippen LogP contribution is 2.25. The Labute approximate surface area is 173 Å². The average Bonchev–Trinajstić information content (AvgIpc) is 3.24. The molecule has 0 aliphatic heterocycles. The van der Waals surface area contributed by atoms with Crippen LogP contribution in [-0.2, 0) is 6.54 Å². The van der Waals surface area contributed by atoms with Crippen LogP contribution in [0.3, 0.4) is 0 Å². The van der Waals surface area contributed by atoms with Crippen molar-refractivity contribution in [2.45, 2.75) is 6.54 Å². The molecule has 0 spiro atoms. The van der Waals surface area contributed by atoms with E-state index in [0.29, 0.717) is 34.9 Å². The minimum Gasteiger partial charge on any atom is -0.497 e. The van der Waals surface area contributed by atoms with E-state index in [-0.39, 0.29) is 5.91 Å². The summed E-state index contributed by atoms with van der Waals surface area (Å²) < 4.78 is 21.0. The normalized spacial score (nSPS) is 10.6. The maximum absolute atomic E-state index is 14.3. The first kappa shape index (κ1) is 19.4. The Morgan fingerprint density at radius 3 is 2.40 bits per heavy atom. The summed E-state index contributed by atoms with van der Waals surface area (Å²) >= 11 is 0. The number of carbonyl (C=O) groups excluding carboxylic acids is 1. The number of amides is 1. The second-order valence-electron chi connectivity index (χ2n) is 6.67. The molecule has 30 heavy (non-hydrogen) atoms. The maximum atomic E-state index is 14.3. The summed E-state index contributed by atoms with van der Waals surface area (Å²) in [6, 6.07) is 24.8. The zero-order chi connectivity index (χ0) is 20.9. The Kier molecular flexibility index (Phi) is 5.57. The van der Waals surface area contributed by atoms with Gasteiger partial charge in [-0.1, -0.05) is 42.5 Å². The maximum Gasteiger partial charge on any atom is 0.270 e. The van der Waals surface area contributed by atoms with Gasteiger partial charge in [-0.3, -0.25) is 4.79 Å². The number of methoxy groups -OCH3 is 1. The van der Waals surface area contributed by atoms with Gasteiger partial charge in [-0.15, -0.1) is 0 Å². The van der Waals surface area contributed by atoms with Crippen molar-refractivity contribution in [3.8, 4) is 22.7 Å². The molecule has 6 heteroatoms. The predicted molar refractivity (Wildman–Crippen MR) is 113 cm³/mol. The quantitative estimate of drug-likeness (QED) is 0.513. The number of hydrogen-bond donors (Lipinski definition) is 1. The lowest BCUT2D eigenvalue weighted by Gasteiger charge is -2.09. The fraction of sp³-hybridized carbons (Fsp3) is 0.0833. The monoisotopic (exact) mass is 401 g/mol. The molecule has 0 saturated carbocycles. The highest BCUT2D eigenvalue weighted by molar-refractivity contribution is 5.94. The van der Waals surface area contributed by atoms with Gasteiger partial charge in [0.15, 0.2) is 0 Å². The molecule has 1 amide bonds. The molecule has 5 nitrogen and oxygen atoms in total. The SMILES string of the molecule is COc1ccc(-n2nc(-c3ccccc3F)cc2C(=O)NCc2ccccc2)cc1. The van der Waals surface area contributed by atoms with Crippen molar-refractivity contribution < 1.29 is 13.9 Å². The van der Waals surface area contributed by atoms with E-state index in [4.69, 9.17) is 4.74 Å². The highest BCUT2D eigenvalue weighted by atomic mass is 19.1. The zero-order valence-electron chi connectivity index (χ0n) is 16.4. The molecule has 0 unspecified atom stereocenters. The smallest absolute Gasteiger partial charge is 0.270 e. The van der Waals surface area contributed by atoms with Crippen molar-refractivity contribution in [1.29, 1.82) is 0 Å². The second-order valence-corrected chi connectivity index (χ2v) is 6.67. The van der Waals surface area contributed by atoms with E-state index in [0.717, 1.165) is 5.56 Å². The summed E-state index contributed by atoms with van der Waals surface area (Å²) in [5, 5.41) is 7.43. The van der Waals surface area contributed by atoms with Crippen LogP contribution < -0.4 is 10.1 Å². The van der Waals surface area contributed by atoms with Crippen LogP contribution in [0.25, 0.3) is 16.9 Å². The summed E-state index contributed by atoms with van der Waals surface area (Å²) in [5.41, 5.74) is 2.68. The summed E-state index contributed by atoms with van der Waals surface area (Å²) in [6.07, 6.45) is 0. The van der Waals surface area contributed by atoms with Gasteiger partial charge in [0.2, 0.25) is 0 Å². The molecule has 1 heterocycles. The molecule has 0 bridgehead atoms. The number of nitrogens with zero attached hydrogens (tertiary/aromatic N) is 2. The van der Waals surface area contributed by atoms with Crippen LogP contribution >= 0.6 is 0 Å². The highest BCUT2D eigenvalue weighted by Gasteiger charge is 2.19. The number of halogens is 1. The van der Waals surface area contributed by atoms with Crippen LogP contribution in [0, 0.1) is 5.82 Å². The van der Waals surface area contributed by atoms with E-state index in [1.54, 1.807) is 55.6 Å². The minimum atomic E-state index is -0.395. The number of hydrogen-bond acceptors (Lipinski definition) is 3. The Morgan fingerprint density at radius 2 is 1.70 bits per heavy atom. The van der Waals surface area contributed by atoms with Crippen LogP contribution in [-0.4, -0.2) is 22.8 Å². The lowest BCUT2D eigenvalue weighted by atomic mass is 10.1. The molecule has 0 atom stereocenters. The topological polar surface area (TPSA) is 56.2 Å². The van der Waals surface area contributed by atoms with Gasteiger partial charge >= 0.3 is 0 Å². The Bertz CT molecular complexity index is 1150. The fourth-order valence-corrected chi connectivity index (χ4v) is 3.13. The largest absolute Gasteiger partial charge is 0.497 e. The predicted octanol–water partition coefficient (Wildman–Crippen LogP) is 4.62. The first-order valence-electron chi connectivity index (χ1n) is 9.47. The van der Waals surface area contributed by atoms with Crippen molar-refractivity contribution in [1.82, 2.24) is 15.1 Å². The third kappa shape index (κ3) is 4.07. The van der Waals surface area contributed by atoms with Crippen molar-refractivity contribution in [3.63, 3.8) is 0 Å². The van der Waals surface area contributed by atoms with E-state index in [1.165, 1.54) is 10.7 Å². The lowest BCUT2D eigenvalue weighted by molar-refractivity contribution is 0.0943. The van der Waals surface area contributed by atoms with Gasteiger partial charge in [-0.2, -0.15) is 5.10 Å². The summed E-state index contributed by atoms with van der Waals surface area (Å²) in [7, 11) is 1.58. The summed E-state index contributed by atoms with van der Waals surface area (Å²) in [6.45, 7) is 0.377. The van der Waals surface area contributed by atoms with E-state index in [2.05, 4.69) is 10.4 Å². The molecule has 150 valence electrons. The van der Waals surface area contributed by atoms with E-state index >= 15 is 0 Å². The van der Waals surface area contributed by atoms with Crippen molar-refractivity contribution in [3.05, 3.63) is 102 Å². The van der Waals surface area contributed by atoms with Crippen LogP contribution in [0.1, 0.15) is 16.1 Å². The first-order chi connectivity index (χ1) is 14.7. The molecule has 4 rings (SSSR count). The van der Waals surface area contributed by atoms with Crippen LogP contribution in [0.15, 0.2) is 84.9 Å². The van der Waals surface area contributed by atoms with Crippen LogP contribution in [0.5, 0.6) is 5.75 Å². The molecule has 1 N–H and O–H groups in total. The summed E-state index contributed by atoms with van der Waals surface area (Å²) in [5.74, 6) is -0.00630. The molecule has 0 aliphatic carbocycles. The minimum absolute atomic E-state index is 0.301. The van der Waals surface area contributed by atoms with Gasteiger partial charge in [0.1, 0.15) is 17.3 Å².